The van der Waals surface area contributed by atoms with Crippen LogP contribution in [-0.2, 0) is 4.79 Å². The molecule has 3 heteroatoms. The Hall–Kier alpha value is -1.61. The fraction of sp³-hybridized carbons (Fsp3) is 0.471. The van der Waals surface area contributed by atoms with Crippen LogP contribution in [0.2, 0.25) is 0 Å². The van der Waals surface area contributed by atoms with Gasteiger partial charge in [0.2, 0.25) is 5.91 Å². The van der Waals surface area contributed by atoms with Gasteiger partial charge in [-0.15, -0.1) is 6.58 Å². The number of hydrogen-bond acceptors (Lipinski definition) is 2. The van der Waals surface area contributed by atoms with Crippen molar-refractivity contribution >= 4 is 5.91 Å². The van der Waals surface area contributed by atoms with Gasteiger partial charge in [0.05, 0.1) is 6.10 Å². The van der Waals surface area contributed by atoms with Crippen LogP contribution in [0.5, 0.6) is 0 Å². The van der Waals surface area contributed by atoms with E-state index in [0.717, 1.165) is 24.8 Å². The average molecular weight is 273 g/mol. The van der Waals surface area contributed by atoms with Crippen LogP contribution >= 0.6 is 0 Å². The first-order valence-electron chi connectivity index (χ1n) is 7.33. The zero-order valence-electron chi connectivity index (χ0n) is 11.8. The highest BCUT2D eigenvalue weighted by Gasteiger charge is 2.25. The van der Waals surface area contributed by atoms with Gasteiger partial charge in [-0.05, 0) is 18.4 Å². The molecule has 0 heterocycles. The molecule has 1 aromatic rings. The standard InChI is InChI=1S/C17H23NO2/c1-2-13(14-7-4-3-5-8-14)11-17(20)18-12-15-9-6-10-16(15)19/h2-5,7-8,13,15-16,19H,1,6,9-12H2,(H,18,20). The molecule has 1 aromatic carbocycles. The highest BCUT2D eigenvalue weighted by molar-refractivity contribution is 5.77. The topological polar surface area (TPSA) is 49.3 Å². The van der Waals surface area contributed by atoms with Crippen LogP contribution in [0.15, 0.2) is 43.0 Å². The zero-order valence-corrected chi connectivity index (χ0v) is 11.8. The first-order chi connectivity index (χ1) is 9.70. The molecule has 1 aliphatic rings. The molecular formula is C17H23NO2. The minimum atomic E-state index is -0.250. The molecule has 1 aliphatic carbocycles. The number of aliphatic hydroxyl groups excluding tert-OH is 1. The summed E-state index contributed by atoms with van der Waals surface area (Å²) in [5, 5.41) is 12.7. The molecule has 0 aliphatic heterocycles. The Bertz CT molecular complexity index is 444. The summed E-state index contributed by atoms with van der Waals surface area (Å²) < 4.78 is 0. The van der Waals surface area contributed by atoms with Gasteiger partial charge >= 0.3 is 0 Å². The number of carbonyl (C=O) groups excluding carboxylic acids is 1. The highest BCUT2D eigenvalue weighted by Crippen LogP contribution is 2.25. The van der Waals surface area contributed by atoms with Crippen molar-refractivity contribution in [3.63, 3.8) is 0 Å². The lowest BCUT2D eigenvalue weighted by atomic mass is 9.95. The predicted octanol–water partition coefficient (Wildman–Crippen LogP) is 2.62. The maximum atomic E-state index is 12.0. The molecule has 0 bridgehead atoms. The largest absolute Gasteiger partial charge is 0.393 e. The molecule has 0 aromatic heterocycles. The fourth-order valence-electron chi connectivity index (χ4n) is 2.81. The predicted molar refractivity (Wildman–Crippen MR) is 80.4 cm³/mol. The number of carbonyl (C=O) groups is 1. The lowest BCUT2D eigenvalue weighted by Gasteiger charge is -2.17. The van der Waals surface area contributed by atoms with Gasteiger partial charge in [0.25, 0.3) is 0 Å². The molecule has 0 radical (unpaired) electrons. The summed E-state index contributed by atoms with van der Waals surface area (Å²) in [7, 11) is 0. The van der Waals surface area contributed by atoms with Crippen molar-refractivity contribution in [2.45, 2.75) is 37.7 Å². The number of aliphatic hydroxyl groups is 1. The average Bonchev–Trinajstić information content (AvgIpc) is 2.89. The van der Waals surface area contributed by atoms with Crippen molar-refractivity contribution < 1.29 is 9.90 Å². The third kappa shape index (κ3) is 3.94. The molecule has 108 valence electrons. The van der Waals surface area contributed by atoms with E-state index in [1.54, 1.807) is 0 Å². The van der Waals surface area contributed by atoms with E-state index in [0.29, 0.717) is 13.0 Å². The fourth-order valence-corrected chi connectivity index (χ4v) is 2.81. The van der Waals surface area contributed by atoms with Crippen LogP contribution in [0, 0.1) is 5.92 Å². The van der Waals surface area contributed by atoms with Gasteiger partial charge in [0.1, 0.15) is 0 Å². The Morgan fingerprint density at radius 3 is 2.75 bits per heavy atom. The van der Waals surface area contributed by atoms with Crippen LogP contribution in [0.4, 0.5) is 0 Å². The molecule has 0 saturated heterocycles. The van der Waals surface area contributed by atoms with Crippen LogP contribution in [0.1, 0.15) is 37.2 Å². The van der Waals surface area contributed by atoms with Gasteiger partial charge in [0, 0.05) is 24.8 Å². The Morgan fingerprint density at radius 1 is 1.40 bits per heavy atom. The van der Waals surface area contributed by atoms with Crippen LogP contribution < -0.4 is 5.32 Å². The molecule has 1 fully saturated rings. The normalized spacial score (nSPS) is 23.2. The van der Waals surface area contributed by atoms with E-state index in [9.17, 15) is 9.90 Å². The quantitative estimate of drug-likeness (QED) is 0.783. The van der Waals surface area contributed by atoms with Crippen molar-refractivity contribution in [3.8, 4) is 0 Å². The van der Waals surface area contributed by atoms with Gasteiger partial charge in [-0.25, -0.2) is 0 Å². The van der Waals surface area contributed by atoms with Crippen molar-refractivity contribution in [1.29, 1.82) is 0 Å². The second-order valence-corrected chi connectivity index (χ2v) is 5.52. The monoisotopic (exact) mass is 273 g/mol. The van der Waals surface area contributed by atoms with E-state index in [1.807, 2.05) is 36.4 Å². The van der Waals surface area contributed by atoms with E-state index in [4.69, 9.17) is 0 Å². The Balaban J connectivity index is 1.82. The minimum Gasteiger partial charge on any atom is -0.393 e. The summed E-state index contributed by atoms with van der Waals surface area (Å²) in [6.07, 6.45) is 4.90. The minimum absolute atomic E-state index is 0.0258. The van der Waals surface area contributed by atoms with E-state index in [-0.39, 0.29) is 23.8 Å². The summed E-state index contributed by atoms with van der Waals surface area (Å²) in [4.78, 5) is 12.0. The molecule has 1 saturated carbocycles. The lowest BCUT2D eigenvalue weighted by Crippen LogP contribution is -2.33. The number of benzene rings is 1. The zero-order chi connectivity index (χ0) is 14.4. The van der Waals surface area contributed by atoms with Gasteiger partial charge < -0.3 is 10.4 Å². The molecule has 1 amide bonds. The molecular weight excluding hydrogens is 250 g/mol. The van der Waals surface area contributed by atoms with Crippen LogP contribution in [-0.4, -0.2) is 23.7 Å². The third-order valence-corrected chi connectivity index (χ3v) is 4.10. The number of nitrogens with one attached hydrogen (secondary N) is 1. The first kappa shape index (κ1) is 14.8. The van der Waals surface area contributed by atoms with E-state index in [2.05, 4.69) is 11.9 Å². The molecule has 3 unspecified atom stereocenters. The molecule has 2 N–H and O–H groups in total. The number of amides is 1. The number of rotatable bonds is 6. The molecule has 3 atom stereocenters. The maximum absolute atomic E-state index is 12.0. The summed E-state index contributed by atoms with van der Waals surface area (Å²) in [5.74, 6) is 0.292. The summed E-state index contributed by atoms with van der Waals surface area (Å²) in [6.45, 7) is 4.40. The van der Waals surface area contributed by atoms with Crippen molar-refractivity contribution in [3.05, 3.63) is 48.6 Å². The first-order valence-corrected chi connectivity index (χ1v) is 7.33. The van der Waals surface area contributed by atoms with Crippen molar-refractivity contribution in [1.82, 2.24) is 5.32 Å². The van der Waals surface area contributed by atoms with E-state index in [1.165, 1.54) is 0 Å². The summed E-state index contributed by atoms with van der Waals surface area (Å²) in [5.41, 5.74) is 1.11. The second kappa shape index (κ2) is 7.25. The van der Waals surface area contributed by atoms with Gasteiger partial charge in [0.15, 0.2) is 0 Å². The molecule has 0 spiro atoms. The van der Waals surface area contributed by atoms with Crippen LogP contribution in [0.3, 0.4) is 0 Å². The summed E-state index contributed by atoms with van der Waals surface area (Å²) in [6, 6.07) is 9.93. The van der Waals surface area contributed by atoms with Crippen molar-refractivity contribution in [2.75, 3.05) is 6.54 Å². The lowest BCUT2D eigenvalue weighted by molar-refractivity contribution is -0.121. The smallest absolute Gasteiger partial charge is 0.220 e. The third-order valence-electron chi connectivity index (χ3n) is 4.10. The van der Waals surface area contributed by atoms with E-state index >= 15 is 0 Å². The Kier molecular flexibility index (Phi) is 5.36. The van der Waals surface area contributed by atoms with E-state index < -0.39 is 0 Å². The van der Waals surface area contributed by atoms with Gasteiger partial charge in [-0.2, -0.15) is 0 Å². The molecule has 3 nitrogen and oxygen atoms in total. The Labute approximate surface area is 120 Å². The number of hydrogen-bond donors (Lipinski definition) is 2. The van der Waals surface area contributed by atoms with Crippen molar-refractivity contribution in [2.24, 2.45) is 5.92 Å². The van der Waals surface area contributed by atoms with Gasteiger partial charge in [-0.3, -0.25) is 4.79 Å². The molecule has 20 heavy (non-hydrogen) atoms. The molecule has 2 rings (SSSR count). The SMILES string of the molecule is C=CC(CC(=O)NCC1CCCC1O)c1ccccc1. The second-order valence-electron chi connectivity index (χ2n) is 5.52. The summed E-state index contributed by atoms with van der Waals surface area (Å²) >= 11 is 0. The maximum Gasteiger partial charge on any atom is 0.220 e. The number of allylic oxidation sites excluding steroid dienone is 1. The Morgan fingerprint density at radius 2 is 2.15 bits per heavy atom. The highest BCUT2D eigenvalue weighted by atomic mass is 16.3. The van der Waals surface area contributed by atoms with Gasteiger partial charge in [-0.1, -0.05) is 42.8 Å². The van der Waals surface area contributed by atoms with Crippen LogP contribution in [0.25, 0.3) is 0 Å².